The fourth-order valence-electron chi connectivity index (χ4n) is 2.18. The Morgan fingerprint density at radius 3 is 2.40 bits per heavy atom. The zero-order valence-electron chi connectivity index (χ0n) is 11.5. The first-order valence-corrected chi connectivity index (χ1v) is 6.55. The summed E-state index contributed by atoms with van der Waals surface area (Å²) in [6, 6.07) is 14.5. The zero-order valence-corrected chi connectivity index (χ0v) is 11.5. The van der Waals surface area contributed by atoms with Gasteiger partial charge in [-0.1, -0.05) is 24.3 Å². The SMILES string of the molecule is COc1ccc(CC(Cc2cccc(F)c2)NN)cc1. The third kappa shape index (κ3) is 4.05. The molecule has 0 fully saturated rings. The molecule has 0 aliphatic carbocycles. The second-order valence-electron chi connectivity index (χ2n) is 4.75. The van der Waals surface area contributed by atoms with Gasteiger partial charge in [0.2, 0.25) is 0 Å². The molecule has 1 unspecified atom stereocenters. The molecule has 2 aromatic carbocycles. The number of halogens is 1. The third-order valence-corrected chi connectivity index (χ3v) is 3.25. The number of hydrogen-bond donors (Lipinski definition) is 2. The van der Waals surface area contributed by atoms with Crippen LogP contribution in [-0.4, -0.2) is 13.2 Å². The Balaban J connectivity index is 2.01. The van der Waals surface area contributed by atoms with Gasteiger partial charge in [0.15, 0.2) is 0 Å². The average Bonchev–Trinajstić information content (AvgIpc) is 2.47. The minimum absolute atomic E-state index is 0.0604. The van der Waals surface area contributed by atoms with Gasteiger partial charge in [0.1, 0.15) is 11.6 Å². The molecule has 3 N–H and O–H groups in total. The lowest BCUT2D eigenvalue weighted by atomic mass is 9.99. The van der Waals surface area contributed by atoms with Crippen LogP contribution in [-0.2, 0) is 12.8 Å². The van der Waals surface area contributed by atoms with E-state index in [1.54, 1.807) is 19.2 Å². The van der Waals surface area contributed by atoms with Crippen LogP contribution in [0.3, 0.4) is 0 Å². The van der Waals surface area contributed by atoms with Gasteiger partial charge in [-0.15, -0.1) is 0 Å². The Kier molecular flexibility index (Phi) is 5.09. The van der Waals surface area contributed by atoms with Crippen LogP contribution in [0.2, 0.25) is 0 Å². The number of rotatable bonds is 6. The lowest BCUT2D eigenvalue weighted by Gasteiger charge is -2.16. The molecule has 0 amide bonds. The van der Waals surface area contributed by atoms with Crippen molar-refractivity contribution in [2.45, 2.75) is 18.9 Å². The zero-order chi connectivity index (χ0) is 14.4. The van der Waals surface area contributed by atoms with Crippen molar-refractivity contribution in [1.82, 2.24) is 5.43 Å². The van der Waals surface area contributed by atoms with Crippen LogP contribution in [0.4, 0.5) is 4.39 Å². The Labute approximate surface area is 118 Å². The van der Waals surface area contributed by atoms with E-state index >= 15 is 0 Å². The van der Waals surface area contributed by atoms with E-state index in [9.17, 15) is 4.39 Å². The predicted molar refractivity (Wildman–Crippen MR) is 77.9 cm³/mol. The number of benzene rings is 2. The van der Waals surface area contributed by atoms with E-state index in [2.05, 4.69) is 5.43 Å². The number of nitrogens with two attached hydrogens (primary N) is 1. The van der Waals surface area contributed by atoms with Gasteiger partial charge in [0, 0.05) is 6.04 Å². The first-order valence-electron chi connectivity index (χ1n) is 6.55. The topological polar surface area (TPSA) is 47.3 Å². The molecule has 3 nitrogen and oxygen atoms in total. The van der Waals surface area contributed by atoms with Gasteiger partial charge >= 0.3 is 0 Å². The fourth-order valence-corrected chi connectivity index (χ4v) is 2.18. The summed E-state index contributed by atoms with van der Waals surface area (Å²) in [5.41, 5.74) is 4.88. The number of nitrogens with one attached hydrogen (secondary N) is 1. The highest BCUT2D eigenvalue weighted by Crippen LogP contribution is 2.14. The molecule has 0 radical (unpaired) electrons. The number of methoxy groups -OCH3 is 1. The second-order valence-corrected chi connectivity index (χ2v) is 4.75. The van der Waals surface area contributed by atoms with Crippen LogP contribution in [0.25, 0.3) is 0 Å². The molecule has 106 valence electrons. The number of hydrogen-bond acceptors (Lipinski definition) is 3. The minimum atomic E-state index is -0.220. The molecule has 0 spiro atoms. The summed E-state index contributed by atoms with van der Waals surface area (Å²) in [4.78, 5) is 0. The van der Waals surface area contributed by atoms with Crippen molar-refractivity contribution in [3.63, 3.8) is 0 Å². The lowest BCUT2D eigenvalue weighted by Crippen LogP contribution is -2.38. The molecule has 0 saturated heterocycles. The van der Waals surface area contributed by atoms with Gasteiger partial charge in [-0.2, -0.15) is 0 Å². The van der Waals surface area contributed by atoms with Crippen LogP contribution >= 0.6 is 0 Å². The summed E-state index contributed by atoms with van der Waals surface area (Å²) < 4.78 is 18.3. The van der Waals surface area contributed by atoms with E-state index in [0.29, 0.717) is 6.42 Å². The normalized spacial score (nSPS) is 12.2. The maximum Gasteiger partial charge on any atom is 0.123 e. The molecule has 2 aromatic rings. The monoisotopic (exact) mass is 274 g/mol. The molecule has 0 aliphatic rings. The van der Waals surface area contributed by atoms with Crippen molar-refractivity contribution in [3.05, 3.63) is 65.5 Å². The largest absolute Gasteiger partial charge is 0.497 e. The Hall–Kier alpha value is -1.91. The first kappa shape index (κ1) is 14.5. The quantitative estimate of drug-likeness (QED) is 0.628. The first-order chi connectivity index (χ1) is 9.71. The van der Waals surface area contributed by atoms with Crippen molar-refractivity contribution in [2.75, 3.05) is 7.11 Å². The van der Waals surface area contributed by atoms with Crippen molar-refractivity contribution >= 4 is 0 Å². The lowest BCUT2D eigenvalue weighted by molar-refractivity contribution is 0.414. The van der Waals surface area contributed by atoms with Crippen LogP contribution < -0.4 is 16.0 Å². The maximum absolute atomic E-state index is 13.2. The van der Waals surface area contributed by atoms with E-state index in [1.807, 2.05) is 30.3 Å². The van der Waals surface area contributed by atoms with Crippen molar-refractivity contribution in [1.29, 1.82) is 0 Å². The second kappa shape index (κ2) is 7.03. The van der Waals surface area contributed by atoms with Gasteiger partial charge in [-0.25, -0.2) is 4.39 Å². The molecule has 1 atom stereocenters. The van der Waals surface area contributed by atoms with Gasteiger partial charge in [-0.3, -0.25) is 11.3 Å². The summed E-state index contributed by atoms with van der Waals surface area (Å²) in [7, 11) is 1.64. The molecule has 0 bridgehead atoms. The summed E-state index contributed by atoms with van der Waals surface area (Å²) in [5, 5.41) is 0. The van der Waals surface area contributed by atoms with Crippen molar-refractivity contribution in [3.8, 4) is 5.75 Å². The van der Waals surface area contributed by atoms with Gasteiger partial charge < -0.3 is 4.74 Å². The maximum atomic E-state index is 13.2. The van der Waals surface area contributed by atoms with E-state index in [-0.39, 0.29) is 11.9 Å². The molecule has 2 rings (SSSR count). The van der Waals surface area contributed by atoms with E-state index in [1.165, 1.54) is 6.07 Å². The van der Waals surface area contributed by atoms with Gasteiger partial charge in [0.25, 0.3) is 0 Å². The smallest absolute Gasteiger partial charge is 0.123 e. The summed E-state index contributed by atoms with van der Waals surface area (Å²) in [6.07, 6.45) is 1.46. The van der Waals surface area contributed by atoms with Crippen LogP contribution in [0.5, 0.6) is 5.75 Å². The summed E-state index contributed by atoms with van der Waals surface area (Å²) >= 11 is 0. The minimum Gasteiger partial charge on any atom is -0.497 e. The highest BCUT2D eigenvalue weighted by molar-refractivity contribution is 5.28. The molecule has 0 saturated carbocycles. The van der Waals surface area contributed by atoms with Crippen molar-refractivity contribution < 1.29 is 9.13 Å². The standard InChI is InChI=1S/C16H19FN2O/c1-20-16-7-5-12(6-8-16)10-15(19-18)11-13-3-2-4-14(17)9-13/h2-9,15,19H,10-11,18H2,1H3. The Morgan fingerprint density at radius 1 is 1.10 bits per heavy atom. The molecule has 0 aliphatic heterocycles. The molecular weight excluding hydrogens is 255 g/mol. The summed E-state index contributed by atoms with van der Waals surface area (Å²) in [6.45, 7) is 0. The predicted octanol–water partition coefficient (Wildman–Crippen LogP) is 2.45. The third-order valence-electron chi connectivity index (χ3n) is 3.25. The molecular formula is C16H19FN2O. The van der Waals surface area contributed by atoms with E-state index in [4.69, 9.17) is 10.6 Å². The van der Waals surface area contributed by atoms with Crippen LogP contribution in [0.1, 0.15) is 11.1 Å². The van der Waals surface area contributed by atoms with E-state index < -0.39 is 0 Å². The van der Waals surface area contributed by atoms with Crippen LogP contribution in [0, 0.1) is 5.82 Å². The molecule has 0 heterocycles. The fraction of sp³-hybridized carbons (Fsp3) is 0.250. The Bertz CT molecular complexity index is 542. The van der Waals surface area contributed by atoms with Crippen LogP contribution in [0.15, 0.2) is 48.5 Å². The highest BCUT2D eigenvalue weighted by Gasteiger charge is 2.09. The van der Waals surface area contributed by atoms with E-state index in [0.717, 1.165) is 23.3 Å². The molecule has 4 heteroatoms. The Morgan fingerprint density at radius 2 is 1.80 bits per heavy atom. The average molecular weight is 274 g/mol. The van der Waals surface area contributed by atoms with Crippen molar-refractivity contribution in [2.24, 2.45) is 5.84 Å². The highest BCUT2D eigenvalue weighted by atomic mass is 19.1. The molecule has 20 heavy (non-hydrogen) atoms. The number of hydrazine groups is 1. The molecule has 0 aromatic heterocycles. The number of ether oxygens (including phenoxy) is 1. The van der Waals surface area contributed by atoms with Gasteiger partial charge in [0.05, 0.1) is 7.11 Å². The summed E-state index contributed by atoms with van der Waals surface area (Å²) in [5.74, 6) is 6.20. The van der Waals surface area contributed by atoms with Gasteiger partial charge in [-0.05, 0) is 48.2 Å².